The maximum Gasteiger partial charge on any atom is 0.188 e. The molecule has 1 aliphatic heterocycles. The van der Waals surface area contributed by atoms with Crippen molar-refractivity contribution in [1.82, 2.24) is 10.6 Å². The number of carbonyl (C=O) groups is 1. The van der Waals surface area contributed by atoms with E-state index < -0.39 is 109 Å². The van der Waals surface area contributed by atoms with Crippen LogP contribution < -0.4 is 27.8 Å². The van der Waals surface area contributed by atoms with E-state index in [4.69, 9.17) is 36.8 Å². The number of aldehydes is 1. The van der Waals surface area contributed by atoms with Crippen LogP contribution in [0.3, 0.4) is 0 Å². The minimum atomic E-state index is -2.31. The second kappa shape index (κ2) is 12.7. The second-order valence-corrected chi connectivity index (χ2v) is 10.4. The molecule has 0 amide bonds. The number of hydrogen-bond acceptors (Lipinski definition) is 14. The first-order chi connectivity index (χ1) is 18.7. The summed E-state index contributed by atoms with van der Waals surface area (Å²) in [5.74, 6) is -1.92. The number of aliphatic hydroxyl groups is 7. The minimum Gasteiger partial charge on any atom is -0.396 e. The lowest BCUT2D eigenvalue weighted by Gasteiger charge is -2.46. The van der Waals surface area contributed by atoms with Crippen molar-refractivity contribution < 1.29 is 54.8 Å². The van der Waals surface area contributed by atoms with E-state index in [1.54, 1.807) is 0 Å². The Morgan fingerprint density at radius 2 is 1.70 bits per heavy atom. The van der Waals surface area contributed by atoms with Crippen LogP contribution in [0.4, 0.5) is 0 Å². The Labute approximate surface area is 229 Å². The Morgan fingerprint density at radius 3 is 2.23 bits per heavy atom. The predicted octanol–water partition coefficient (Wildman–Crippen LogP) is -7.29. The fraction of sp³-hybridized carbons (Fsp3) is 0.864. The van der Waals surface area contributed by atoms with E-state index in [9.17, 15) is 40.5 Å². The van der Waals surface area contributed by atoms with Gasteiger partial charge in [0.15, 0.2) is 30.1 Å². The molecule has 0 aromatic heterocycles. The molecule has 0 aromatic carbocycles. The first-order valence-corrected chi connectivity index (χ1v) is 12.7. The fourth-order valence-electron chi connectivity index (χ4n) is 5.64. The second-order valence-electron chi connectivity index (χ2n) is 10.4. The Kier molecular flexibility index (Phi) is 10.3. The molecule has 230 valence electrons. The quantitative estimate of drug-likeness (QED) is 0.0685. The largest absolute Gasteiger partial charge is 0.396 e. The predicted molar refractivity (Wildman–Crippen MR) is 135 cm³/mol. The summed E-state index contributed by atoms with van der Waals surface area (Å²) in [6, 6.07) is -3.74. The number of likely N-dealkylation sites (N-methyl/N-ethyl adjacent to an activating group) is 1. The molecule has 0 bridgehead atoms. The number of carbonyl (C=O) groups excluding carboxylic acids is 1. The summed E-state index contributed by atoms with van der Waals surface area (Å²) in [4.78, 5) is 16.0. The van der Waals surface area contributed by atoms with Crippen LogP contribution in [0.5, 0.6) is 0 Å². The van der Waals surface area contributed by atoms with Gasteiger partial charge in [-0.25, -0.2) is 4.99 Å². The molecule has 2 aliphatic carbocycles. The molecule has 16 N–H and O–H groups in total. The number of hydrogen-bond donors (Lipinski definition) is 13. The lowest BCUT2D eigenvalue weighted by molar-refractivity contribution is -0.259. The number of guanidine groups is 2. The van der Waals surface area contributed by atoms with E-state index in [1.807, 2.05) is 0 Å². The van der Waals surface area contributed by atoms with Crippen LogP contribution in [-0.4, -0.2) is 153 Å². The van der Waals surface area contributed by atoms with E-state index >= 15 is 0 Å². The molecular formula is C22H41N7O11. The first kappa shape index (κ1) is 32.3. The third-order valence-corrected chi connectivity index (χ3v) is 7.93. The zero-order valence-corrected chi connectivity index (χ0v) is 22.0. The van der Waals surface area contributed by atoms with Crippen LogP contribution in [0.25, 0.3) is 0 Å². The van der Waals surface area contributed by atoms with Crippen LogP contribution in [0.15, 0.2) is 4.99 Å². The smallest absolute Gasteiger partial charge is 0.188 e. The Balaban J connectivity index is 1.95. The van der Waals surface area contributed by atoms with Crippen molar-refractivity contribution in [3.63, 3.8) is 0 Å². The maximum absolute atomic E-state index is 12.1. The van der Waals surface area contributed by atoms with Crippen LogP contribution in [0.1, 0.15) is 13.3 Å². The minimum absolute atomic E-state index is 0.00523. The van der Waals surface area contributed by atoms with Gasteiger partial charge in [-0.05, 0) is 20.4 Å². The number of ether oxygens (including phenoxy) is 3. The van der Waals surface area contributed by atoms with Gasteiger partial charge in [-0.3, -0.25) is 10.2 Å². The normalized spacial score (nSPS) is 47.4. The molecule has 0 radical (unpaired) electrons. The summed E-state index contributed by atoms with van der Waals surface area (Å²) in [6.45, 7) is 0.880. The highest BCUT2D eigenvalue weighted by molar-refractivity contribution is 5.76. The number of nitrogens with two attached hydrogens (primary N) is 3. The third-order valence-electron chi connectivity index (χ3n) is 7.93. The molecule has 18 heteroatoms. The van der Waals surface area contributed by atoms with Crippen LogP contribution >= 0.6 is 0 Å². The zero-order chi connectivity index (χ0) is 30.1. The van der Waals surface area contributed by atoms with E-state index in [0.717, 1.165) is 0 Å². The lowest BCUT2D eigenvalue weighted by Crippen LogP contribution is -2.70. The van der Waals surface area contributed by atoms with Gasteiger partial charge in [-0.1, -0.05) is 0 Å². The van der Waals surface area contributed by atoms with E-state index in [1.165, 1.54) is 14.0 Å². The van der Waals surface area contributed by atoms with Crippen molar-refractivity contribution in [2.75, 3.05) is 13.7 Å². The van der Waals surface area contributed by atoms with Crippen LogP contribution in [0, 0.1) is 11.3 Å². The molecular weight excluding hydrogens is 538 g/mol. The summed E-state index contributed by atoms with van der Waals surface area (Å²) >= 11 is 0. The highest BCUT2D eigenvalue weighted by atomic mass is 16.7. The standard InChI is InChI=1S/C22H41N7O11/c1-6-22(37,5-31)18(39-8-3-7(4-30)12(32)14(34)9(8)27-2)19(38-6)40-17-11(29-21(25)26)13(33)10(28-20(23)24)15(35)16(17)36/h5-19,27,30,32-37H,3-4H2,1-2H3,(H4,23,24,28)(H4,25,26,29)/t6-,7?,8+,9?,10?,11-,12-,13?,14+,15-,16?,17-,18?,19-,22-/m0/s1. The summed E-state index contributed by atoms with van der Waals surface area (Å²) in [5.41, 5.74) is 14.1. The Bertz CT molecular complexity index is 930. The summed E-state index contributed by atoms with van der Waals surface area (Å²) in [5, 5.41) is 87.0. The van der Waals surface area contributed by atoms with Gasteiger partial charge in [0.05, 0.1) is 36.5 Å². The molecule has 18 nitrogen and oxygen atoms in total. The van der Waals surface area contributed by atoms with E-state index in [-0.39, 0.29) is 12.7 Å². The molecule has 0 aromatic rings. The summed E-state index contributed by atoms with van der Waals surface area (Å²) in [6.07, 6.45) is -14.7. The van der Waals surface area contributed by atoms with Crippen LogP contribution in [-0.2, 0) is 19.0 Å². The number of rotatable bonds is 9. The first-order valence-electron chi connectivity index (χ1n) is 12.7. The van der Waals surface area contributed by atoms with E-state index in [0.29, 0.717) is 0 Å². The van der Waals surface area contributed by atoms with Gasteiger partial charge in [-0.15, -0.1) is 0 Å². The molecule has 3 rings (SSSR count). The van der Waals surface area contributed by atoms with Crippen molar-refractivity contribution in [2.45, 2.75) is 98.3 Å². The molecule has 1 heterocycles. The van der Waals surface area contributed by atoms with Gasteiger partial charge < -0.3 is 77.8 Å². The lowest BCUT2D eigenvalue weighted by atomic mass is 9.79. The zero-order valence-electron chi connectivity index (χ0n) is 22.0. The molecule has 6 unspecified atom stereocenters. The van der Waals surface area contributed by atoms with Crippen molar-refractivity contribution >= 4 is 18.2 Å². The van der Waals surface area contributed by atoms with Gasteiger partial charge in [0, 0.05) is 12.5 Å². The van der Waals surface area contributed by atoms with Crippen molar-refractivity contribution in [3.05, 3.63) is 0 Å². The molecule has 15 atom stereocenters. The molecule has 2 saturated carbocycles. The number of nitrogens with zero attached hydrogens (tertiary/aromatic N) is 1. The van der Waals surface area contributed by atoms with Gasteiger partial charge in [-0.2, -0.15) is 0 Å². The Morgan fingerprint density at radius 1 is 1.07 bits per heavy atom. The number of aliphatic hydroxyl groups excluding tert-OH is 6. The SMILES string of the molecule is CNC1[C@@H](O)[C@@H](O)C(CO)C[C@H]1OC1[C@H](O[C@@H]2C(O)[C@@H](O)C(NC(=N)N)C(O)[C@@H]2N=C(N)N)O[C@@H](C)[C@@]1(O)C=O. The average Bonchev–Trinajstić information content (AvgIpc) is 3.13. The number of nitrogens with one attached hydrogen (secondary N) is 3. The van der Waals surface area contributed by atoms with Crippen molar-refractivity contribution in [1.29, 1.82) is 5.41 Å². The highest BCUT2D eigenvalue weighted by Crippen LogP contribution is 2.39. The molecule has 1 saturated heterocycles. The van der Waals surface area contributed by atoms with Crippen LogP contribution in [0.2, 0.25) is 0 Å². The topological polar surface area (TPSA) is 325 Å². The highest BCUT2D eigenvalue weighted by Gasteiger charge is 2.60. The molecule has 40 heavy (non-hydrogen) atoms. The van der Waals surface area contributed by atoms with E-state index in [2.05, 4.69) is 15.6 Å². The molecule has 0 spiro atoms. The van der Waals surface area contributed by atoms with Gasteiger partial charge >= 0.3 is 0 Å². The third kappa shape index (κ3) is 6.02. The van der Waals surface area contributed by atoms with Crippen molar-refractivity contribution in [2.24, 2.45) is 28.1 Å². The maximum atomic E-state index is 12.1. The molecule has 3 aliphatic rings. The van der Waals surface area contributed by atoms with Crippen molar-refractivity contribution in [3.8, 4) is 0 Å². The Hall–Kier alpha value is -2.23. The van der Waals surface area contributed by atoms with Gasteiger partial charge in [0.1, 0.15) is 36.6 Å². The fourth-order valence-corrected chi connectivity index (χ4v) is 5.64. The molecule has 3 fully saturated rings. The number of aliphatic imine (C=N–C) groups is 1. The van der Waals surface area contributed by atoms with Gasteiger partial charge in [0.25, 0.3) is 0 Å². The monoisotopic (exact) mass is 579 g/mol. The average molecular weight is 580 g/mol. The summed E-state index contributed by atoms with van der Waals surface area (Å²) < 4.78 is 17.7. The van der Waals surface area contributed by atoms with Gasteiger partial charge in [0.2, 0.25) is 0 Å². The summed E-state index contributed by atoms with van der Waals surface area (Å²) in [7, 11) is 1.50.